The number of carbonyl (C=O) groups is 2. The average molecular weight is 421 g/mol. The Morgan fingerprint density at radius 2 is 1.69 bits per heavy atom. The van der Waals surface area contributed by atoms with Crippen LogP contribution in [0.3, 0.4) is 0 Å². The van der Waals surface area contributed by atoms with Crippen LogP contribution in [0.2, 0.25) is 0 Å². The lowest BCUT2D eigenvalue weighted by Crippen LogP contribution is -2.45. The van der Waals surface area contributed by atoms with Crippen LogP contribution in [0.15, 0.2) is 29.8 Å². The average Bonchev–Trinajstić information content (AvgIpc) is 2.91. The van der Waals surface area contributed by atoms with Crippen LogP contribution in [0.4, 0.5) is 4.79 Å². The molecule has 2 fully saturated rings. The number of fused-ring (bicyclic) bond motifs is 2. The molecular weight excluding hydrogens is 396 g/mol. The maximum Gasteiger partial charge on any atom is 0.410 e. The van der Waals surface area contributed by atoms with Crippen LogP contribution < -0.4 is 5.32 Å². The number of ether oxygens (including phenoxy) is 1. The van der Waals surface area contributed by atoms with Gasteiger partial charge in [0.2, 0.25) is 0 Å². The highest BCUT2D eigenvalue weighted by Gasteiger charge is 2.42. The molecule has 2 heterocycles. The van der Waals surface area contributed by atoms with E-state index < -0.39 is 0 Å². The summed E-state index contributed by atoms with van der Waals surface area (Å²) >= 11 is 3.75. The molecule has 2 bridgehead atoms. The zero-order chi connectivity index (χ0) is 18.7. The Kier molecular flexibility index (Phi) is 6.01. The minimum Gasteiger partial charge on any atom is -0.450 e. The minimum atomic E-state index is -0.179. The number of rotatable bonds is 4. The molecule has 0 saturated carbocycles. The Labute approximate surface area is 162 Å². The first-order chi connectivity index (χ1) is 12.5. The predicted molar refractivity (Wildman–Crippen MR) is 105 cm³/mol. The SMILES string of the molecule is CCNC(=O)c1ccc(C(Br)=C2C[C@H]3CC[C@@H](C2)N3C(=O)OCC)cc1. The van der Waals surface area contributed by atoms with Gasteiger partial charge in [-0.15, -0.1) is 0 Å². The molecule has 3 rings (SSSR count). The maximum absolute atomic E-state index is 12.2. The smallest absolute Gasteiger partial charge is 0.410 e. The molecule has 2 saturated heterocycles. The largest absolute Gasteiger partial charge is 0.450 e. The van der Waals surface area contributed by atoms with Crippen molar-refractivity contribution in [2.24, 2.45) is 0 Å². The Hall–Kier alpha value is -1.82. The van der Waals surface area contributed by atoms with Gasteiger partial charge in [0.25, 0.3) is 5.91 Å². The highest BCUT2D eigenvalue weighted by molar-refractivity contribution is 9.15. The molecule has 2 aliphatic heterocycles. The third kappa shape index (κ3) is 3.80. The summed E-state index contributed by atoms with van der Waals surface area (Å²) in [6.07, 6.45) is 3.62. The van der Waals surface area contributed by atoms with Gasteiger partial charge in [0.1, 0.15) is 0 Å². The topological polar surface area (TPSA) is 58.6 Å². The van der Waals surface area contributed by atoms with Gasteiger partial charge in [-0.05, 0) is 57.2 Å². The lowest BCUT2D eigenvalue weighted by atomic mass is 9.95. The lowest BCUT2D eigenvalue weighted by molar-refractivity contribution is 0.0814. The minimum absolute atomic E-state index is 0.0522. The lowest BCUT2D eigenvalue weighted by Gasteiger charge is -2.35. The third-order valence-electron chi connectivity index (χ3n) is 5.11. The number of carbonyl (C=O) groups excluding carboxylic acids is 2. The predicted octanol–water partition coefficient (Wildman–Crippen LogP) is 4.33. The second-order valence-electron chi connectivity index (χ2n) is 6.75. The first-order valence-electron chi connectivity index (χ1n) is 9.26. The van der Waals surface area contributed by atoms with E-state index in [2.05, 4.69) is 21.2 Å². The molecular formula is C20H25BrN2O3. The molecule has 0 radical (unpaired) electrons. The van der Waals surface area contributed by atoms with Crippen LogP contribution >= 0.6 is 15.9 Å². The van der Waals surface area contributed by atoms with Crippen LogP contribution in [0.5, 0.6) is 0 Å². The number of hydrogen-bond donors (Lipinski definition) is 1. The van der Waals surface area contributed by atoms with Crippen LogP contribution in [-0.2, 0) is 4.74 Å². The van der Waals surface area contributed by atoms with Crippen LogP contribution in [0, 0.1) is 0 Å². The molecule has 0 aliphatic carbocycles. The van der Waals surface area contributed by atoms with Crippen LogP contribution in [0.1, 0.15) is 55.5 Å². The number of nitrogens with one attached hydrogen (secondary N) is 1. The highest BCUT2D eigenvalue weighted by atomic mass is 79.9. The fraction of sp³-hybridized carbons (Fsp3) is 0.500. The van der Waals surface area contributed by atoms with Crippen molar-refractivity contribution >= 4 is 32.4 Å². The van der Waals surface area contributed by atoms with E-state index in [0.29, 0.717) is 18.7 Å². The van der Waals surface area contributed by atoms with E-state index in [1.165, 1.54) is 5.57 Å². The molecule has 5 nitrogen and oxygen atoms in total. The molecule has 2 aliphatic rings. The standard InChI is InChI=1S/C20H25BrN2O3/c1-3-22-19(24)14-7-5-13(6-8-14)18(21)15-11-16-9-10-17(12-15)23(16)20(25)26-4-2/h5-8,16-17H,3-4,9-12H2,1-2H3,(H,22,24)/t16-,17+. The van der Waals surface area contributed by atoms with E-state index in [1.807, 2.05) is 43.0 Å². The molecule has 1 aromatic carbocycles. The van der Waals surface area contributed by atoms with Gasteiger partial charge in [-0.1, -0.05) is 33.6 Å². The maximum atomic E-state index is 12.2. The summed E-state index contributed by atoms with van der Waals surface area (Å²) < 4.78 is 6.30. The van der Waals surface area contributed by atoms with Crippen molar-refractivity contribution < 1.29 is 14.3 Å². The van der Waals surface area contributed by atoms with Gasteiger partial charge in [-0.3, -0.25) is 4.79 Å². The van der Waals surface area contributed by atoms with Crippen LogP contribution in [0.25, 0.3) is 4.48 Å². The van der Waals surface area contributed by atoms with E-state index in [1.54, 1.807) is 0 Å². The Morgan fingerprint density at radius 1 is 1.12 bits per heavy atom. The summed E-state index contributed by atoms with van der Waals surface area (Å²) in [4.78, 5) is 26.0. The van der Waals surface area contributed by atoms with Crippen molar-refractivity contribution in [2.45, 2.75) is 51.6 Å². The van der Waals surface area contributed by atoms with Crippen molar-refractivity contribution in [1.29, 1.82) is 0 Å². The van der Waals surface area contributed by atoms with Crippen molar-refractivity contribution in [3.8, 4) is 0 Å². The van der Waals surface area contributed by atoms with E-state index >= 15 is 0 Å². The summed E-state index contributed by atoms with van der Waals surface area (Å²) in [6.45, 7) is 4.79. The first kappa shape index (κ1) is 19.0. The quantitative estimate of drug-likeness (QED) is 0.788. The molecule has 2 atom stereocenters. The number of hydrogen-bond acceptors (Lipinski definition) is 3. The molecule has 0 unspecified atom stereocenters. The highest BCUT2D eigenvalue weighted by Crippen LogP contribution is 2.42. The van der Waals surface area contributed by atoms with Gasteiger partial charge < -0.3 is 15.0 Å². The van der Waals surface area contributed by atoms with Gasteiger partial charge in [-0.2, -0.15) is 0 Å². The zero-order valence-corrected chi connectivity index (χ0v) is 16.8. The van der Waals surface area contributed by atoms with E-state index in [0.717, 1.165) is 35.7 Å². The van der Waals surface area contributed by atoms with Gasteiger partial charge in [0, 0.05) is 28.7 Å². The van der Waals surface area contributed by atoms with Gasteiger partial charge in [0.15, 0.2) is 0 Å². The second kappa shape index (κ2) is 8.25. The summed E-state index contributed by atoms with van der Waals surface area (Å²) in [5.41, 5.74) is 3.07. The molecule has 140 valence electrons. The normalized spacial score (nSPS) is 23.6. The first-order valence-corrected chi connectivity index (χ1v) is 10.1. The zero-order valence-electron chi connectivity index (χ0n) is 15.3. The van der Waals surface area contributed by atoms with Crippen molar-refractivity contribution in [2.75, 3.05) is 13.2 Å². The molecule has 1 N–H and O–H groups in total. The Bertz CT molecular complexity index is 698. The van der Waals surface area contributed by atoms with E-state index in [-0.39, 0.29) is 24.1 Å². The van der Waals surface area contributed by atoms with Crippen LogP contribution in [-0.4, -0.2) is 42.1 Å². The molecule has 26 heavy (non-hydrogen) atoms. The Balaban J connectivity index is 1.75. The summed E-state index contributed by atoms with van der Waals surface area (Å²) in [7, 11) is 0. The molecule has 6 heteroatoms. The number of benzene rings is 1. The van der Waals surface area contributed by atoms with Gasteiger partial charge in [0.05, 0.1) is 6.61 Å². The number of nitrogens with zero attached hydrogens (tertiary/aromatic N) is 1. The molecule has 0 aromatic heterocycles. The van der Waals surface area contributed by atoms with Gasteiger partial charge >= 0.3 is 6.09 Å². The van der Waals surface area contributed by atoms with Crippen molar-refractivity contribution in [3.63, 3.8) is 0 Å². The monoisotopic (exact) mass is 420 g/mol. The molecule has 0 spiro atoms. The van der Waals surface area contributed by atoms with Gasteiger partial charge in [-0.25, -0.2) is 4.79 Å². The third-order valence-corrected chi connectivity index (χ3v) is 6.13. The van der Waals surface area contributed by atoms with Crippen molar-refractivity contribution in [1.82, 2.24) is 10.2 Å². The van der Waals surface area contributed by atoms with E-state index in [9.17, 15) is 9.59 Å². The molecule has 2 amide bonds. The summed E-state index contributed by atoms with van der Waals surface area (Å²) in [5, 5.41) is 2.81. The fourth-order valence-electron chi connectivity index (χ4n) is 3.92. The summed E-state index contributed by atoms with van der Waals surface area (Å²) in [6, 6.07) is 8.10. The summed E-state index contributed by atoms with van der Waals surface area (Å²) in [5.74, 6) is -0.0522. The van der Waals surface area contributed by atoms with E-state index in [4.69, 9.17) is 4.74 Å². The number of piperidine rings is 1. The molecule has 1 aromatic rings. The fourth-order valence-corrected chi connectivity index (χ4v) is 4.51. The number of halogens is 1. The number of amides is 2. The Morgan fingerprint density at radius 3 is 2.23 bits per heavy atom. The van der Waals surface area contributed by atoms with Crippen molar-refractivity contribution in [3.05, 3.63) is 41.0 Å². The second-order valence-corrected chi connectivity index (χ2v) is 7.55.